The van der Waals surface area contributed by atoms with E-state index in [0.29, 0.717) is 13.0 Å². The molecule has 6 heteroatoms. The molecule has 0 spiro atoms. The van der Waals surface area contributed by atoms with Gasteiger partial charge in [0, 0.05) is 32.1 Å². The van der Waals surface area contributed by atoms with Crippen molar-refractivity contribution in [1.29, 1.82) is 0 Å². The van der Waals surface area contributed by atoms with Crippen molar-refractivity contribution in [2.75, 3.05) is 39.4 Å². The number of piperidine rings is 1. The number of rotatable bonds is 6. The van der Waals surface area contributed by atoms with E-state index in [9.17, 15) is 9.59 Å². The van der Waals surface area contributed by atoms with Crippen LogP contribution in [0.1, 0.15) is 38.5 Å². The molecule has 1 N–H and O–H groups in total. The number of hydrogen-bond acceptors (Lipinski definition) is 4. The largest absolute Gasteiger partial charge is 0.481 e. The van der Waals surface area contributed by atoms with Crippen LogP contribution in [0.25, 0.3) is 0 Å². The van der Waals surface area contributed by atoms with Crippen molar-refractivity contribution in [3.05, 3.63) is 0 Å². The number of carboxylic acids is 1. The third-order valence-electron chi connectivity index (χ3n) is 4.33. The van der Waals surface area contributed by atoms with Crippen molar-refractivity contribution in [3.8, 4) is 0 Å². The summed E-state index contributed by atoms with van der Waals surface area (Å²) in [5.41, 5.74) is 0. The Morgan fingerprint density at radius 1 is 1.14 bits per heavy atom. The highest BCUT2D eigenvalue weighted by Gasteiger charge is 2.28. The molecule has 0 aromatic rings. The summed E-state index contributed by atoms with van der Waals surface area (Å²) in [5.74, 6) is -0.692. The van der Waals surface area contributed by atoms with Crippen molar-refractivity contribution < 1.29 is 19.4 Å². The van der Waals surface area contributed by atoms with Gasteiger partial charge in [-0.1, -0.05) is 0 Å². The Hall–Kier alpha value is -1.14. The number of carbonyl (C=O) groups excluding carboxylic acids is 1. The maximum atomic E-state index is 12.3. The molecule has 2 aliphatic rings. The molecule has 0 bridgehead atoms. The van der Waals surface area contributed by atoms with Crippen LogP contribution in [0.2, 0.25) is 0 Å². The molecule has 0 aromatic heterocycles. The number of amides is 1. The molecule has 1 atom stereocenters. The number of carbonyl (C=O) groups is 2. The van der Waals surface area contributed by atoms with Crippen LogP contribution in [-0.2, 0) is 14.3 Å². The lowest BCUT2D eigenvalue weighted by atomic mass is 9.98. The van der Waals surface area contributed by atoms with E-state index in [1.807, 2.05) is 0 Å². The maximum Gasteiger partial charge on any atom is 0.305 e. The quantitative estimate of drug-likeness (QED) is 0.791. The highest BCUT2D eigenvalue weighted by atomic mass is 16.5. The summed E-state index contributed by atoms with van der Waals surface area (Å²) >= 11 is 0. The van der Waals surface area contributed by atoms with Crippen LogP contribution < -0.4 is 0 Å². The smallest absolute Gasteiger partial charge is 0.305 e. The van der Waals surface area contributed by atoms with Gasteiger partial charge in [0.1, 0.15) is 0 Å². The average molecular weight is 298 g/mol. The lowest BCUT2D eigenvalue weighted by molar-refractivity contribution is -0.142. The van der Waals surface area contributed by atoms with E-state index in [-0.39, 0.29) is 18.4 Å². The van der Waals surface area contributed by atoms with Gasteiger partial charge in [0.15, 0.2) is 0 Å². The standard InChI is InChI=1S/C15H26N2O4/c18-14(5-3-6-16-8-10-21-11-9-16)17-7-2-1-4-13(17)12-15(19)20/h13H,1-12H2,(H,19,20)/t13-/m0/s1. The van der Waals surface area contributed by atoms with Gasteiger partial charge in [-0.05, 0) is 32.2 Å². The molecular weight excluding hydrogens is 272 g/mol. The maximum absolute atomic E-state index is 12.3. The zero-order valence-corrected chi connectivity index (χ0v) is 12.6. The average Bonchev–Trinajstić information content (AvgIpc) is 2.48. The fourth-order valence-electron chi connectivity index (χ4n) is 3.16. The van der Waals surface area contributed by atoms with E-state index in [1.54, 1.807) is 4.90 Å². The molecule has 0 radical (unpaired) electrons. The first-order valence-corrected chi connectivity index (χ1v) is 7.98. The summed E-state index contributed by atoms with van der Waals surface area (Å²) in [6.45, 7) is 5.08. The Bertz CT molecular complexity index is 356. The minimum absolute atomic E-state index is 0.0786. The molecule has 2 aliphatic heterocycles. The van der Waals surface area contributed by atoms with Gasteiger partial charge in [-0.25, -0.2) is 0 Å². The van der Waals surface area contributed by atoms with Gasteiger partial charge in [0.2, 0.25) is 5.91 Å². The molecule has 1 amide bonds. The molecule has 120 valence electrons. The summed E-state index contributed by atoms with van der Waals surface area (Å²) in [4.78, 5) is 27.3. The summed E-state index contributed by atoms with van der Waals surface area (Å²) in [6, 6.07) is -0.105. The highest BCUT2D eigenvalue weighted by Crippen LogP contribution is 2.21. The van der Waals surface area contributed by atoms with Gasteiger partial charge in [-0.15, -0.1) is 0 Å². The summed E-state index contributed by atoms with van der Waals surface area (Å²) in [5, 5.41) is 8.96. The van der Waals surface area contributed by atoms with Gasteiger partial charge in [-0.3, -0.25) is 14.5 Å². The zero-order chi connectivity index (χ0) is 15.1. The number of ether oxygens (including phenoxy) is 1. The van der Waals surface area contributed by atoms with Crippen molar-refractivity contribution in [3.63, 3.8) is 0 Å². The summed E-state index contributed by atoms with van der Waals surface area (Å²) in [6.07, 6.45) is 4.28. The van der Waals surface area contributed by atoms with Crippen LogP contribution >= 0.6 is 0 Å². The first kappa shape index (κ1) is 16.2. The Balaban J connectivity index is 1.73. The third-order valence-corrected chi connectivity index (χ3v) is 4.33. The molecule has 2 fully saturated rings. The van der Waals surface area contributed by atoms with Crippen LogP contribution in [0.5, 0.6) is 0 Å². The molecule has 0 unspecified atom stereocenters. The number of hydrogen-bond donors (Lipinski definition) is 1. The molecule has 2 heterocycles. The molecule has 0 saturated carbocycles. The predicted octanol–water partition coefficient (Wildman–Crippen LogP) is 0.955. The number of likely N-dealkylation sites (tertiary alicyclic amines) is 1. The Morgan fingerprint density at radius 3 is 2.62 bits per heavy atom. The topological polar surface area (TPSA) is 70.1 Å². The minimum Gasteiger partial charge on any atom is -0.481 e. The number of morpholine rings is 1. The molecule has 2 rings (SSSR count). The molecule has 0 aromatic carbocycles. The molecule has 0 aliphatic carbocycles. The minimum atomic E-state index is -0.812. The number of nitrogens with zero attached hydrogens (tertiary/aromatic N) is 2. The van der Waals surface area contributed by atoms with Crippen LogP contribution in [0, 0.1) is 0 Å². The van der Waals surface area contributed by atoms with Gasteiger partial charge < -0.3 is 14.7 Å². The van der Waals surface area contributed by atoms with E-state index >= 15 is 0 Å². The van der Waals surface area contributed by atoms with E-state index in [0.717, 1.165) is 58.5 Å². The Morgan fingerprint density at radius 2 is 1.90 bits per heavy atom. The Kier molecular flexibility index (Phi) is 6.45. The van der Waals surface area contributed by atoms with Crippen molar-refractivity contribution in [2.24, 2.45) is 0 Å². The first-order chi connectivity index (χ1) is 10.2. The fraction of sp³-hybridized carbons (Fsp3) is 0.867. The molecular formula is C15H26N2O4. The summed E-state index contributed by atoms with van der Waals surface area (Å²) < 4.78 is 5.30. The van der Waals surface area contributed by atoms with Gasteiger partial charge >= 0.3 is 5.97 Å². The van der Waals surface area contributed by atoms with Crippen LogP contribution in [0.15, 0.2) is 0 Å². The van der Waals surface area contributed by atoms with Crippen molar-refractivity contribution in [1.82, 2.24) is 9.80 Å². The van der Waals surface area contributed by atoms with Crippen LogP contribution in [0.4, 0.5) is 0 Å². The van der Waals surface area contributed by atoms with E-state index in [1.165, 1.54) is 0 Å². The molecule has 2 saturated heterocycles. The zero-order valence-electron chi connectivity index (χ0n) is 12.6. The SMILES string of the molecule is O=C(O)C[C@@H]1CCCCN1C(=O)CCCN1CCOCC1. The van der Waals surface area contributed by atoms with E-state index < -0.39 is 5.97 Å². The van der Waals surface area contributed by atoms with Crippen LogP contribution in [-0.4, -0.2) is 72.2 Å². The number of aliphatic carboxylic acids is 1. The second-order valence-electron chi connectivity index (χ2n) is 5.89. The third kappa shape index (κ3) is 5.28. The normalized spacial score (nSPS) is 24.0. The molecule has 21 heavy (non-hydrogen) atoms. The van der Waals surface area contributed by atoms with Crippen LogP contribution in [0.3, 0.4) is 0 Å². The first-order valence-electron chi connectivity index (χ1n) is 7.98. The van der Waals surface area contributed by atoms with Gasteiger partial charge in [0.25, 0.3) is 0 Å². The monoisotopic (exact) mass is 298 g/mol. The lowest BCUT2D eigenvalue weighted by Gasteiger charge is -2.35. The predicted molar refractivity (Wildman–Crippen MR) is 78.1 cm³/mol. The van der Waals surface area contributed by atoms with E-state index in [4.69, 9.17) is 9.84 Å². The van der Waals surface area contributed by atoms with Crippen molar-refractivity contribution in [2.45, 2.75) is 44.6 Å². The number of carboxylic acid groups (broad SMARTS) is 1. The highest BCUT2D eigenvalue weighted by molar-refractivity contribution is 5.77. The fourth-order valence-corrected chi connectivity index (χ4v) is 3.16. The second-order valence-corrected chi connectivity index (χ2v) is 5.89. The van der Waals surface area contributed by atoms with Gasteiger partial charge in [0.05, 0.1) is 19.6 Å². The van der Waals surface area contributed by atoms with Crippen molar-refractivity contribution >= 4 is 11.9 Å². The second kappa shape index (κ2) is 8.34. The molecule has 6 nitrogen and oxygen atoms in total. The lowest BCUT2D eigenvalue weighted by Crippen LogP contribution is -2.45. The van der Waals surface area contributed by atoms with E-state index in [2.05, 4.69) is 4.90 Å². The summed E-state index contributed by atoms with van der Waals surface area (Å²) in [7, 11) is 0. The van der Waals surface area contributed by atoms with Gasteiger partial charge in [-0.2, -0.15) is 0 Å². The Labute approximate surface area is 126 Å².